The SMILES string of the molecule is C[N+]1(c2nc(-c3ccccc3)nc(-c3ccccc3)n2)CCOCC1. The molecule has 0 spiro atoms. The zero-order chi connectivity index (χ0) is 17.1. The number of likely N-dealkylation sites (N-methyl/N-ethyl adjacent to an activating group) is 1. The molecular weight excluding hydrogens is 312 g/mol. The number of nitrogens with zero attached hydrogens (tertiary/aromatic N) is 4. The van der Waals surface area contributed by atoms with Crippen LogP contribution in [-0.4, -0.2) is 48.3 Å². The van der Waals surface area contributed by atoms with Gasteiger partial charge in [-0.15, -0.1) is 0 Å². The lowest BCUT2D eigenvalue weighted by molar-refractivity contribution is 0.0496. The molecule has 0 aliphatic carbocycles. The molecule has 4 rings (SSSR count). The number of hydrogen-bond donors (Lipinski definition) is 0. The summed E-state index contributed by atoms with van der Waals surface area (Å²) < 4.78 is 6.20. The van der Waals surface area contributed by atoms with Crippen LogP contribution in [-0.2, 0) is 4.74 Å². The fourth-order valence-electron chi connectivity index (χ4n) is 2.98. The summed E-state index contributed by atoms with van der Waals surface area (Å²) in [6.45, 7) is 3.19. The second kappa shape index (κ2) is 6.70. The highest BCUT2D eigenvalue weighted by Gasteiger charge is 2.32. The van der Waals surface area contributed by atoms with Crippen molar-refractivity contribution in [1.82, 2.24) is 19.4 Å². The summed E-state index contributed by atoms with van der Waals surface area (Å²) in [5.74, 6) is 2.24. The van der Waals surface area contributed by atoms with Crippen LogP contribution in [0.2, 0.25) is 0 Å². The van der Waals surface area contributed by atoms with E-state index in [2.05, 4.69) is 7.05 Å². The van der Waals surface area contributed by atoms with Crippen molar-refractivity contribution in [3.63, 3.8) is 0 Å². The average molecular weight is 333 g/mol. The van der Waals surface area contributed by atoms with Gasteiger partial charge in [0, 0.05) is 11.1 Å². The molecule has 0 amide bonds. The third-order valence-corrected chi connectivity index (χ3v) is 4.63. The fourth-order valence-corrected chi connectivity index (χ4v) is 2.98. The largest absolute Gasteiger partial charge is 0.370 e. The first kappa shape index (κ1) is 15.9. The van der Waals surface area contributed by atoms with Crippen LogP contribution in [0, 0.1) is 0 Å². The number of morpholine rings is 1. The Hall–Kier alpha value is -2.63. The summed E-state index contributed by atoms with van der Waals surface area (Å²) >= 11 is 0. The lowest BCUT2D eigenvalue weighted by Crippen LogP contribution is -2.54. The molecule has 2 aromatic carbocycles. The third kappa shape index (κ3) is 3.29. The lowest BCUT2D eigenvalue weighted by atomic mass is 10.2. The van der Waals surface area contributed by atoms with Crippen LogP contribution in [0.15, 0.2) is 60.7 Å². The number of ether oxygens (including phenoxy) is 1. The highest BCUT2D eigenvalue weighted by atomic mass is 16.5. The van der Waals surface area contributed by atoms with E-state index in [4.69, 9.17) is 19.7 Å². The molecule has 5 nitrogen and oxygen atoms in total. The topological polar surface area (TPSA) is 47.9 Å². The Kier molecular flexibility index (Phi) is 4.26. The van der Waals surface area contributed by atoms with Crippen molar-refractivity contribution in [2.75, 3.05) is 33.4 Å². The maximum Gasteiger partial charge on any atom is 0.332 e. The summed E-state index contributed by atoms with van der Waals surface area (Å²) in [4.78, 5) is 14.4. The third-order valence-electron chi connectivity index (χ3n) is 4.63. The van der Waals surface area contributed by atoms with Gasteiger partial charge in [0.2, 0.25) is 0 Å². The van der Waals surface area contributed by atoms with Gasteiger partial charge >= 0.3 is 5.95 Å². The Morgan fingerprint density at radius 1 is 0.720 bits per heavy atom. The van der Waals surface area contributed by atoms with Crippen molar-refractivity contribution in [3.8, 4) is 22.8 Å². The van der Waals surface area contributed by atoms with Gasteiger partial charge in [0.1, 0.15) is 13.1 Å². The van der Waals surface area contributed by atoms with E-state index >= 15 is 0 Å². The molecule has 1 aliphatic rings. The standard InChI is InChI=1S/C20H21N4O/c1-24(12-14-25-15-13-24)20-22-18(16-8-4-2-5-9-16)21-19(23-20)17-10-6-3-7-11-17/h2-11H,12-15H2,1H3/q+1. The maximum atomic E-state index is 5.53. The molecule has 0 bridgehead atoms. The van der Waals surface area contributed by atoms with E-state index in [1.54, 1.807) is 0 Å². The summed E-state index contributed by atoms with van der Waals surface area (Å²) in [5, 5.41) is 0. The summed E-state index contributed by atoms with van der Waals surface area (Å²) in [6.07, 6.45) is 0. The number of quaternary nitrogens is 1. The van der Waals surface area contributed by atoms with Crippen molar-refractivity contribution in [1.29, 1.82) is 0 Å². The van der Waals surface area contributed by atoms with Crippen molar-refractivity contribution in [2.24, 2.45) is 0 Å². The van der Waals surface area contributed by atoms with Crippen LogP contribution in [0.25, 0.3) is 22.8 Å². The Bertz CT molecular complexity index is 788. The zero-order valence-corrected chi connectivity index (χ0v) is 14.3. The first-order chi connectivity index (χ1) is 12.2. The molecule has 5 heteroatoms. The van der Waals surface area contributed by atoms with Crippen molar-refractivity contribution >= 4 is 5.95 Å². The molecule has 0 unspecified atom stereocenters. The Balaban J connectivity index is 1.86. The number of aromatic nitrogens is 3. The van der Waals surface area contributed by atoms with E-state index in [-0.39, 0.29) is 0 Å². The smallest absolute Gasteiger partial charge is 0.332 e. The Morgan fingerprint density at radius 2 is 1.20 bits per heavy atom. The lowest BCUT2D eigenvalue weighted by Gasteiger charge is -2.34. The van der Waals surface area contributed by atoms with Crippen LogP contribution in [0.4, 0.5) is 5.95 Å². The van der Waals surface area contributed by atoms with E-state index in [9.17, 15) is 0 Å². The normalized spacial score (nSPS) is 16.5. The molecule has 1 aliphatic heterocycles. The second-order valence-corrected chi connectivity index (χ2v) is 6.47. The predicted molar refractivity (Wildman–Crippen MR) is 99.0 cm³/mol. The minimum atomic E-state index is 0.669. The number of benzene rings is 2. The average Bonchev–Trinajstić information content (AvgIpc) is 2.70. The van der Waals surface area contributed by atoms with Crippen molar-refractivity contribution in [3.05, 3.63) is 60.7 Å². The Morgan fingerprint density at radius 3 is 1.68 bits per heavy atom. The van der Waals surface area contributed by atoms with E-state index < -0.39 is 0 Å². The summed E-state index contributed by atoms with van der Waals surface area (Å²) in [7, 11) is 2.17. The van der Waals surface area contributed by atoms with Gasteiger partial charge < -0.3 is 4.74 Å². The Labute approximate surface area is 147 Å². The molecule has 1 saturated heterocycles. The van der Waals surface area contributed by atoms with Crippen LogP contribution in [0.5, 0.6) is 0 Å². The van der Waals surface area contributed by atoms with Gasteiger partial charge in [-0.3, -0.25) is 4.48 Å². The number of hydrogen-bond acceptors (Lipinski definition) is 4. The van der Waals surface area contributed by atoms with Gasteiger partial charge in [0.15, 0.2) is 11.6 Å². The van der Waals surface area contributed by atoms with Gasteiger partial charge in [0.25, 0.3) is 0 Å². The zero-order valence-electron chi connectivity index (χ0n) is 14.3. The molecule has 0 saturated carbocycles. The molecular formula is C20H21N4O+. The highest BCUT2D eigenvalue weighted by Crippen LogP contribution is 2.26. The fraction of sp³-hybridized carbons (Fsp3) is 0.250. The minimum absolute atomic E-state index is 0.669. The van der Waals surface area contributed by atoms with Crippen LogP contribution in [0.3, 0.4) is 0 Å². The molecule has 3 aromatic rings. The van der Waals surface area contributed by atoms with Crippen molar-refractivity contribution in [2.45, 2.75) is 0 Å². The van der Waals surface area contributed by atoms with E-state index in [1.165, 1.54) is 0 Å². The van der Waals surface area contributed by atoms with E-state index in [0.29, 0.717) is 4.48 Å². The summed E-state index contributed by atoms with van der Waals surface area (Å²) in [6, 6.07) is 20.2. The first-order valence-electron chi connectivity index (χ1n) is 8.54. The van der Waals surface area contributed by atoms with Gasteiger partial charge in [0.05, 0.1) is 20.3 Å². The predicted octanol–water partition coefficient (Wildman–Crippen LogP) is 3.17. The maximum absolute atomic E-state index is 5.53. The molecule has 0 radical (unpaired) electrons. The van der Waals surface area contributed by atoms with Crippen LogP contribution < -0.4 is 4.48 Å². The molecule has 0 atom stereocenters. The van der Waals surface area contributed by atoms with E-state index in [0.717, 1.165) is 55.0 Å². The first-order valence-corrected chi connectivity index (χ1v) is 8.54. The molecule has 126 valence electrons. The molecule has 0 N–H and O–H groups in total. The quantitative estimate of drug-likeness (QED) is 0.691. The second-order valence-electron chi connectivity index (χ2n) is 6.47. The van der Waals surface area contributed by atoms with E-state index in [1.807, 2.05) is 60.7 Å². The number of rotatable bonds is 3. The van der Waals surface area contributed by atoms with Gasteiger partial charge in [-0.25, -0.2) is 4.98 Å². The van der Waals surface area contributed by atoms with Crippen LogP contribution in [0.1, 0.15) is 0 Å². The van der Waals surface area contributed by atoms with Gasteiger partial charge in [-0.05, 0) is 0 Å². The highest BCUT2D eigenvalue weighted by molar-refractivity contribution is 5.62. The molecule has 1 fully saturated rings. The molecule has 25 heavy (non-hydrogen) atoms. The summed E-state index contributed by atoms with van der Waals surface area (Å²) in [5.41, 5.74) is 2.01. The van der Waals surface area contributed by atoms with Gasteiger partial charge in [-0.1, -0.05) is 60.7 Å². The molecule has 2 heterocycles. The van der Waals surface area contributed by atoms with Crippen molar-refractivity contribution < 1.29 is 4.74 Å². The minimum Gasteiger partial charge on any atom is -0.370 e. The van der Waals surface area contributed by atoms with Crippen LogP contribution >= 0.6 is 0 Å². The monoisotopic (exact) mass is 333 g/mol. The molecule has 1 aromatic heterocycles. The van der Waals surface area contributed by atoms with Gasteiger partial charge in [-0.2, -0.15) is 9.97 Å².